The van der Waals surface area contributed by atoms with Gasteiger partial charge in [0.25, 0.3) is 0 Å². The van der Waals surface area contributed by atoms with E-state index in [-0.39, 0.29) is 32.4 Å². The molecule has 0 N–H and O–H groups in total. The molecule has 1 fully saturated rings. The maximum atomic E-state index is 12.5. The topological polar surface area (TPSA) is 118 Å². The van der Waals surface area contributed by atoms with Crippen molar-refractivity contribution in [1.29, 1.82) is 0 Å². The van der Waals surface area contributed by atoms with Gasteiger partial charge in [-0.1, -0.05) is 26.7 Å². The molecule has 0 spiro atoms. The van der Waals surface area contributed by atoms with Gasteiger partial charge in [0.15, 0.2) is 12.2 Å². The van der Waals surface area contributed by atoms with Crippen LogP contribution in [0, 0.1) is 12.3 Å². The first kappa shape index (κ1) is 29.4. The number of esters is 4. The molecule has 10 nitrogen and oxygen atoms in total. The number of nitrogens with zero attached hydrogens (tertiary/aromatic N) is 1. The lowest BCUT2D eigenvalue weighted by Gasteiger charge is -2.43. The van der Waals surface area contributed by atoms with E-state index in [0.717, 1.165) is 0 Å². The molecule has 0 aliphatic carbocycles. The van der Waals surface area contributed by atoms with Crippen molar-refractivity contribution in [1.82, 2.24) is 4.90 Å². The fourth-order valence-electron chi connectivity index (χ4n) is 3.33. The third kappa shape index (κ3) is 9.69. The summed E-state index contributed by atoms with van der Waals surface area (Å²) in [6, 6.07) is 0. The molecule has 192 valence electrons. The average Bonchev–Trinajstić information content (AvgIpc) is 2.74. The van der Waals surface area contributed by atoms with Crippen LogP contribution in [0.25, 0.3) is 0 Å². The van der Waals surface area contributed by atoms with Crippen LogP contribution in [0.4, 0.5) is 0 Å². The van der Waals surface area contributed by atoms with Crippen LogP contribution in [0.1, 0.15) is 66.2 Å². The average molecular weight is 484 g/mol. The molecule has 0 aromatic carbocycles. The summed E-state index contributed by atoms with van der Waals surface area (Å²) in [5, 5.41) is 0. The molecule has 34 heavy (non-hydrogen) atoms. The van der Waals surface area contributed by atoms with Crippen LogP contribution in [-0.4, -0.2) is 79.6 Å². The zero-order valence-electron chi connectivity index (χ0n) is 20.7. The number of rotatable bonds is 13. The Labute approximate surface area is 201 Å². The second kappa shape index (κ2) is 15.3. The Bertz CT molecular complexity index is 732. The van der Waals surface area contributed by atoms with Crippen molar-refractivity contribution in [2.75, 3.05) is 20.1 Å². The van der Waals surface area contributed by atoms with E-state index < -0.39 is 54.6 Å². The van der Waals surface area contributed by atoms with Crippen molar-refractivity contribution in [3.63, 3.8) is 0 Å². The van der Waals surface area contributed by atoms with E-state index in [0.29, 0.717) is 19.3 Å². The summed E-state index contributed by atoms with van der Waals surface area (Å²) < 4.78 is 28.0. The monoisotopic (exact) mass is 483 g/mol. The molecule has 0 aromatic heterocycles. The predicted molar refractivity (Wildman–Crippen MR) is 121 cm³/mol. The molecule has 1 aliphatic rings. The number of terminal acetylenes is 1. The number of carbonyl (C=O) groups excluding carboxylic acids is 4. The summed E-state index contributed by atoms with van der Waals surface area (Å²) >= 11 is 0. The molecule has 5 atom stereocenters. The maximum absolute atomic E-state index is 12.5. The largest absolute Gasteiger partial charge is 0.455 e. The lowest BCUT2D eigenvalue weighted by atomic mass is 9.98. The van der Waals surface area contributed by atoms with Crippen LogP contribution in [0.5, 0.6) is 0 Å². The maximum Gasteiger partial charge on any atom is 0.322 e. The number of hydrogen-bond donors (Lipinski definition) is 0. The van der Waals surface area contributed by atoms with Crippen molar-refractivity contribution in [3.05, 3.63) is 0 Å². The Hall–Kier alpha value is -2.64. The van der Waals surface area contributed by atoms with Gasteiger partial charge in [-0.05, 0) is 33.2 Å². The molecule has 0 bridgehead atoms. The first-order chi connectivity index (χ1) is 16.2. The van der Waals surface area contributed by atoms with E-state index in [2.05, 4.69) is 5.92 Å². The van der Waals surface area contributed by atoms with Gasteiger partial charge in [0.2, 0.25) is 12.4 Å². The van der Waals surface area contributed by atoms with E-state index >= 15 is 0 Å². The summed E-state index contributed by atoms with van der Waals surface area (Å²) in [5.74, 6) is 0.0817. The Kier molecular flexibility index (Phi) is 13.2. The summed E-state index contributed by atoms with van der Waals surface area (Å²) in [6.45, 7) is 7.11. The first-order valence-corrected chi connectivity index (χ1v) is 11.7. The standard InChI is InChI=1S/C24H37NO9/c1-7-11-17(26)31-21-16(5)30-24(34-20(29)15-25(6)14-10-4)23(33-19(28)13-9-3)22(21)32-18(27)12-8-2/h4,16,21-24H,7-9,11-15H2,1-3,5-6H3. The Morgan fingerprint density at radius 2 is 1.26 bits per heavy atom. The number of hydrogen-bond acceptors (Lipinski definition) is 10. The quantitative estimate of drug-likeness (QED) is 0.219. The van der Waals surface area contributed by atoms with Gasteiger partial charge in [0.05, 0.1) is 19.2 Å². The highest BCUT2D eigenvalue weighted by Gasteiger charge is 2.52. The molecule has 1 rings (SSSR count). The van der Waals surface area contributed by atoms with Gasteiger partial charge in [0, 0.05) is 19.3 Å². The third-order valence-corrected chi connectivity index (χ3v) is 4.90. The Morgan fingerprint density at radius 3 is 1.74 bits per heavy atom. The SMILES string of the molecule is C#CCN(C)CC(=O)OC1OC(C)C(OC(=O)CCC)C(OC(=O)CCC)C1OC(=O)CCC. The molecule has 1 heterocycles. The van der Waals surface area contributed by atoms with Crippen LogP contribution < -0.4 is 0 Å². The summed E-state index contributed by atoms with van der Waals surface area (Å²) in [4.78, 5) is 51.1. The molecule has 1 saturated heterocycles. The van der Waals surface area contributed by atoms with Crippen molar-refractivity contribution in [2.45, 2.75) is 96.9 Å². The van der Waals surface area contributed by atoms with E-state index in [1.807, 2.05) is 13.8 Å². The van der Waals surface area contributed by atoms with E-state index in [9.17, 15) is 19.2 Å². The van der Waals surface area contributed by atoms with Gasteiger partial charge in [-0.2, -0.15) is 0 Å². The molecular weight excluding hydrogens is 446 g/mol. The fourth-order valence-corrected chi connectivity index (χ4v) is 3.33. The van der Waals surface area contributed by atoms with Crippen LogP contribution >= 0.6 is 0 Å². The molecule has 0 aromatic rings. The van der Waals surface area contributed by atoms with Crippen LogP contribution in [0.2, 0.25) is 0 Å². The van der Waals surface area contributed by atoms with Crippen molar-refractivity contribution < 1.29 is 42.9 Å². The molecule has 1 aliphatic heterocycles. The Morgan fingerprint density at radius 1 is 0.794 bits per heavy atom. The normalized spacial score (nSPS) is 24.1. The van der Waals surface area contributed by atoms with Crippen molar-refractivity contribution in [2.24, 2.45) is 0 Å². The first-order valence-electron chi connectivity index (χ1n) is 11.7. The van der Waals surface area contributed by atoms with E-state index in [4.69, 9.17) is 30.1 Å². The van der Waals surface area contributed by atoms with Crippen molar-refractivity contribution in [3.8, 4) is 12.3 Å². The molecule has 0 saturated carbocycles. The predicted octanol–water partition coefficient (Wildman–Crippen LogP) is 1.98. The second-order valence-electron chi connectivity index (χ2n) is 8.19. The number of carbonyl (C=O) groups is 4. The highest BCUT2D eigenvalue weighted by atomic mass is 16.7. The minimum atomic E-state index is -1.37. The highest BCUT2D eigenvalue weighted by molar-refractivity contribution is 5.73. The molecule has 0 radical (unpaired) electrons. The fraction of sp³-hybridized carbons (Fsp3) is 0.750. The lowest BCUT2D eigenvalue weighted by molar-refractivity contribution is -0.294. The van der Waals surface area contributed by atoms with Crippen LogP contribution in [0.15, 0.2) is 0 Å². The van der Waals surface area contributed by atoms with Crippen LogP contribution in [0.3, 0.4) is 0 Å². The van der Waals surface area contributed by atoms with Gasteiger partial charge >= 0.3 is 23.9 Å². The minimum Gasteiger partial charge on any atom is -0.455 e. The van der Waals surface area contributed by atoms with Gasteiger partial charge in [-0.15, -0.1) is 6.42 Å². The zero-order chi connectivity index (χ0) is 25.7. The van der Waals surface area contributed by atoms with Crippen molar-refractivity contribution >= 4 is 23.9 Å². The molecule has 10 heteroatoms. The summed E-state index contributed by atoms with van der Waals surface area (Å²) in [6.07, 6.45) is 1.43. The smallest absolute Gasteiger partial charge is 0.322 e. The second-order valence-corrected chi connectivity index (χ2v) is 8.19. The van der Waals surface area contributed by atoms with Gasteiger partial charge in [-0.25, -0.2) is 0 Å². The number of ether oxygens (including phenoxy) is 5. The highest BCUT2D eigenvalue weighted by Crippen LogP contribution is 2.30. The molecule has 0 amide bonds. The summed E-state index contributed by atoms with van der Waals surface area (Å²) in [7, 11) is 1.64. The Balaban J connectivity index is 3.24. The van der Waals surface area contributed by atoms with Gasteiger partial charge < -0.3 is 23.7 Å². The van der Waals surface area contributed by atoms with E-state index in [1.54, 1.807) is 25.8 Å². The minimum absolute atomic E-state index is 0.0908. The van der Waals surface area contributed by atoms with Crippen LogP contribution in [-0.2, 0) is 42.9 Å². The summed E-state index contributed by atoms with van der Waals surface area (Å²) in [5.41, 5.74) is 0. The van der Waals surface area contributed by atoms with Gasteiger partial charge in [0.1, 0.15) is 0 Å². The zero-order valence-corrected chi connectivity index (χ0v) is 20.7. The number of likely N-dealkylation sites (N-methyl/N-ethyl adjacent to an activating group) is 1. The van der Waals surface area contributed by atoms with E-state index in [1.165, 1.54) is 0 Å². The third-order valence-electron chi connectivity index (χ3n) is 4.90. The lowest BCUT2D eigenvalue weighted by Crippen LogP contribution is -2.61. The molecular formula is C24H37NO9. The van der Waals surface area contributed by atoms with Gasteiger partial charge in [-0.3, -0.25) is 24.1 Å². The molecule has 5 unspecified atom stereocenters.